The Bertz CT molecular complexity index is 347. The first-order valence-corrected chi connectivity index (χ1v) is 6.91. The number of hydrogen-bond donors (Lipinski definition) is 1. The van der Waals surface area contributed by atoms with Crippen LogP contribution in [0, 0.1) is 5.41 Å². The number of methoxy groups -OCH3 is 1. The summed E-state index contributed by atoms with van der Waals surface area (Å²) in [5.74, 6) is 0.951. The molecule has 1 N–H and O–H groups in total. The zero-order chi connectivity index (χ0) is 13.4. The van der Waals surface area contributed by atoms with Gasteiger partial charge >= 0.3 is 0 Å². The number of benzene rings is 1. The summed E-state index contributed by atoms with van der Waals surface area (Å²) in [6, 6.07) is 8.39. The summed E-state index contributed by atoms with van der Waals surface area (Å²) >= 11 is 0. The molecule has 0 unspecified atom stereocenters. The fourth-order valence-corrected chi connectivity index (χ4v) is 2.15. The van der Waals surface area contributed by atoms with E-state index in [9.17, 15) is 0 Å². The Morgan fingerprint density at radius 1 is 1.22 bits per heavy atom. The van der Waals surface area contributed by atoms with E-state index >= 15 is 0 Å². The highest BCUT2D eigenvalue weighted by molar-refractivity contribution is 5.29. The molecular formula is C16H27NO. The molecule has 1 aromatic carbocycles. The first-order chi connectivity index (χ1) is 8.57. The van der Waals surface area contributed by atoms with Crippen molar-refractivity contribution in [1.29, 1.82) is 0 Å². The molecule has 0 spiro atoms. The first-order valence-electron chi connectivity index (χ1n) is 6.91. The molecule has 2 heteroatoms. The van der Waals surface area contributed by atoms with E-state index in [-0.39, 0.29) is 0 Å². The fraction of sp³-hybridized carbons (Fsp3) is 0.625. The van der Waals surface area contributed by atoms with Crippen LogP contribution in [0.3, 0.4) is 0 Å². The van der Waals surface area contributed by atoms with E-state index in [0.717, 1.165) is 25.3 Å². The highest BCUT2D eigenvalue weighted by atomic mass is 16.5. The molecule has 2 nitrogen and oxygen atoms in total. The molecule has 0 saturated carbocycles. The lowest BCUT2D eigenvalue weighted by atomic mass is 9.82. The second-order valence-electron chi connectivity index (χ2n) is 5.69. The average Bonchev–Trinajstić information content (AvgIpc) is 2.34. The molecular weight excluding hydrogens is 222 g/mol. The van der Waals surface area contributed by atoms with Crippen molar-refractivity contribution >= 4 is 0 Å². The lowest BCUT2D eigenvalue weighted by Crippen LogP contribution is -2.24. The Balaban J connectivity index is 2.47. The van der Waals surface area contributed by atoms with Crippen LogP contribution in [0.5, 0.6) is 5.75 Å². The van der Waals surface area contributed by atoms with E-state index in [4.69, 9.17) is 4.74 Å². The molecule has 0 fully saturated rings. The van der Waals surface area contributed by atoms with Gasteiger partial charge < -0.3 is 10.1 Å². The van der Waals surface area contributed by atoms with Gasteiger partial charge in [0.1, 0.15) is 5.75 Å². The average molecular weight is 249 g/mol. The van der Waals surface area contributed by atoms with Crippen molar-refractivity contribution in [1.82, 2.24) is 5.32 Å². The Morgan fingerprint density at radius 2 is 2.00 bits per heavy atom. The quantitative estimate of drug-likeness (QED) is 0.710. The molecule has 102 valence electrons. The van der Waals surface area contributed by atoms with Gasteiger partial charge in [-0.25, -0.2) is 0 Å². The third kappa shape index (κ3) is 5.54. The van der Waals surface area contributed by atoms with Crippen molar-refractivity contribution in [2.24, 2.45) is 5.41 Å². The lowest BCUT2D eigenvalue weighted by Gasteiger charge is -2.25. The fourth-order valence-electron chi connectivity index (χ4n) is 2.15. The maximum Gasteiger partial charge on any atom is 0.119 e. The van der Waals surface area contributed by atoms with Crippen molar-refractivity contribution in [2.45, 2.75) is 40.0 Å². The van der Waals surface area contributed by atoms with Gasteiger partial charge in [0, 0.05) is 0 Å². The second kappa shape index (κ2) is 7.42. The molecule has 0 amide bonds. The van der Waals surface area contributed by atoms with Crippen molar-refractivity contribution < 1.29 is 4.74 Å². The number of ether oxygens (including phenoxy) is 1. The molecule has 0 bridgehead atoms. The smallest absolute Gasteiger partial charge is 0.119 e. The van der Waals surface area contributed by atoms with E-state index in [1.807, 2.05) is 6.07 Å². The van der Waals surface area contributed by atoms with E-state index in [0.29, 0.717) is 5.41 Å². The molecule has 1 rings (SSSR count). The van der Waals surface area contributed by atoms with Gasteiger partial charge in [0.05, 0.1) is 7.11 Å². The SMILES string of the molecule is CCCNCCC(C)(C)Cc1cccc(OC)c1. The van der Waals surface area contributed by atoms with Crippen molar-refractivity contribution in [2.75, 3.05) is 20.2 Å². The lowest BCUT2D eigenvalue weighted by molar-refractivity contribution is 0.325. The van der Waals surface area contributed by atoms with Gasteiger partial charge in [-0.1, -0.05) is 32.9 Å². The zero-order valence-electron chi connectivity index (χ0n) is 12.3. The van der Waals surface area contributed by atoms with Crippen LogP contribution in [0.25, 0.3) is 0 Å². The third-order valence-electron chi connectivity index (χ3n) is 3.22. The molecule has 18 heavy (non-hydrogen) atoms. The second-order valence-corrected chi connectivity index (χ2v) is 5.69. The highest BCUT2D eigenvalue weighted by Gasteiger charge is 2.18. The molecule has 0 atom stereocenters. The molecule has 1 aromatic rings. The summed E-state index contributed by atoms with van der Waals surface area (Å²) in [6.45, 7) is 9.09. The molecule has 0 aliphatic heterocycles. The van der Waals surface area contributed by atoms with Gasteiger partial charge in [0.15, 0.2) is 0 Å². The molecule has 0 heterocycles. The topological polar surface area (TPSA) is 21.3 Å². The third-order valence-corrected chi connectivity index (χ3v) is 3.22. The summed E-state index contributed by atoms with van der Waals surface area (Å²) in [4.78, 5) is 0. The van der Waals surface area contributed by atoms with Crippen LogP contribution in [-0.4, -0.2) is 20.2 Å². The standard InChI is InChI=1S/C16H27NO/c1-5-10-17-11-9-16(2,3)13-14-7-6-8-15(12-14)18-4/h6-8,12,17H,5,9-11,13H2,1-4H3. The van der Waals surface area contributed by atoms with Gasteiger partial charge in [-0.15, -0.1) is 0 Å². The minimum atomic E-state index is 0.326. The summed E-state index contributed by atoms with van der Waals surface area (Å²) < 4.78 is 5.27. The zero-order valence-corrected chi connectivity index (χ0v) is 12.3. The molecule has 0 saturated heterocycles. The molecule has 0 aliphatic rings. The van der Waals surface area contributed by atoms with E-state index in [2.05, 4.69) is 44.3 Å². The van der Waals surface area contributed by atoms with Gasteiger partial charge in [-0.2, -0.15) is 0 Å². The van der Waals surface area contributed by atoms with Crippen molar-refractivity contribution in [3.05, 3.63) is 29.8 Å². The van der Waals surface area contributed by atoms with Gasteiger partial charge in [-0.3, -0.25) is 0 Å². The maximum atomic E-state index is 5.27. The van der Waals surface area contributed by atoms with Gasteiger partial charge in [0.2, 0.25) is 0 Å². The minimum Gasteiger partial charge on any atom is -0.497 e. The number of nitrogens with one attached hydrogen (secondary N) is 1. The Hall–Kier alpha value is -1.02. The maximum absolute atomic E-state index is 5.27. The van der Waals surface area contributed by atoms with Gasteiger partial charge in [0.25, 0.3) is 0 Å². The monoisotopic (exact) mass is 249 g/mol. The normalized spacial score (nSPS) is 11.6. The summed E-state index contributed by atoms with van der Waals surface area (Å²) in [7, 11) is 1.72. The summed E-state index contributed by atoms with van der Waals surface area (Å²) in [5, 5.41) is 3.47. The molecule has 0 radical (unpaired) electrons. The summed E-state index contributed by atoms with van der Waals surface area (Å²) in [6.07, 6.45) is 3.50. The van der Waals surface area contributed by atoms with E-state index in [1.54, 1.807) is 7.11 Å². The van der Waals surface area contributed by atoms with E-state index in [1.165, 1.54) is 18.4 Å². The van der Waals surface area contributed by atoms with Crippen molar-refractivity contribution in [3.8, 4) is 5.75 Å². The number of rotatable bonds is 8. The predicted octanol–water partition coefficient (Wildman–Crippen LogP) is 3.65. The Morgan fingerprint density at radius 3 is 2.67 bits per heavy atom. The van der Waals surface area contributed by atoms with Crippen LogP contribution < -0.4 is 10.1 Å². The van der Waals surface area contributed by atoms with Crippen LogP contribution in [0.15, 0.2) is 24.3 Å². The highest BCUT2D eigenvalue weighted by Crippen LogP contribution is 2.27. The Labute approximate surface area is 112 Å². The Kier molecular flexibility index (Phi) is 6.20. The summed E-state index contributed by atoms with van der Waals surface area (Å²) in [5.41, 5.74) is 1.68. The van der Waals surface area contributed by atoms with Crippen LogP contribution in [0.2, 0.25) is 0 Å². The number of hydrogen-bond acceptors (Lipinski definition) is 2. The molecule has 0 aromatic heterocycles. The molecule has 0 aliphatic carbocycles. The minimum absolute atomic E-state index is 0.326. The van der Waals surface area contributed by atoms with Crippen LogP contribution in [0.1, 0.15) is 39.2 Å². The van der Waals surface area contributed by atoms with Crippen LogP contribution in [0.4, 0.5) is 0 Å². The van der Waals surface area contributed by atoms with Crippen molar-refractivity contribution in [3.63, 3.8) is 0 Å². The largest absolute Gasteiger partial charge is 0.497 e. The van der Waals surface area contributed by atoms with Crippen LogP contribution >= 0.6 is 0 Å². The van der Waals surface area contributed by atoms with E-state index < -0.39 is 0 Å². The van der Waals surface area contributed by atoms with Gasteiger partial charge in [-0.05, 0) is 55.5 Å². The first kappa shape index (κ1) is 15.0. The predicted molar refractivity (Wildman–Crippen MR) is 78.3 cm³/mol. The van der Waals surface area contributed by atoms with Crippen LogP contribution in [-0.2, 0) is 6.42 Å².